The van der Waals surface area contributed by atoms with Crippen LogP contribution in [-0.4, -0.2) is 59.0 Å². The number of hydrogen-bond acceptors (Lipinski definition) is 3. The molecule has 20 heavy (non-hydrogen) atoms. The summed E-state index contributed by atoms with van der Waals surface area (Å²) in [7, 11) is 0. The number of hydrogen-bond donors (Lipinski definition) is 0. The third kappa shape index (κ3) is 2.43. The Morgan fingerprint density at radius 2 is 1.95 bits per heavy atom. The maximum absolute atomic E-state index is 12.8. The molecular formula is C15H24N2O3. The largest absolute Gasteiger partial charge is 0.375 e. The van der Waals surface area contributed by atoms with Crippen molar-refractivity contribution in [1.29, 1.82) is 0 Å². The summed E-state index contributed by atoms with van der Waals surface area (Å²) in [6, 6.07) is 0.0237. The van der Waals surface area contributed by atoms with Crippen molar-refractivity contribution >= 4 is 11.8 Å². The standard InChI is InChI=1S/C15H24N2O3/c1-15(2)10-11(6-9-20-15)16-8-5-13(18)17-7-3-4-12(17)14(16)19/h11-12H,3-10H2,1-2H3. The van der Waals surface area contributed by atoms with Crippen molar-refractivity contribution in [2.24, 2.45) is 0 Å². The van der Waals surface area contributed by atoms with Gasteiger partial charge in [-0.3, -0.25) is 9.59 Å². The predicted octanol–water partition coefficient (Wildman–Crippen LogP) is 1.17. The fourth-order valence-corrected chi connectivity index (χ4v) is 3.81. The predicted molar refractivity (Wildman–Crippen MR) is 74.1 cm³/mol. The molecule has 0 saturated carbocycles. The number of carbonyl (C=O) groups is 2. The van der Waals surface area contributed by atoms with Crippen molar-refractivity contribution in [3.05, 3.63) is 0 Å². The molecule has 0 spiro atoms. The first-order valence-electron chi connectivity index (χ1n) is 7.72. The van der Waals surface area contributed by atoms with Crippen LogP contribution < -0.4 is 0 Å². The minimum absolute atomic E-state index is 0.148. The Balaban J connectivity index is 1.79. The third-order valence-electron chi connectivity index (χ3n) is 4.82. The van der Waals surface area contributed by atoms with Crippen LogP contribution >= 0.6 is 0 Å². The summed E-state index contributed by atoms with van der Waals surface area (Å²) in [6.07, 6.45) is 4.00. The zero-order chi connectivity index (χ0) is 14.3. The molecule has 2 atom stereocenters. The summed E-state index contributed by atoms with van der Waals surface area (Å²) in [5.74, 6) is 0.311. The van der Waals surface area contributed by atoms with Gasteiger partial charge in [-0.2, -0.15) is 0 Å². The number of carbonyl (C=O) groups excluding carboxylic acids is 2. The second-order valence-corrected chi connectivity index (χ2v) is 6.78. The monoisotopic (exact) mass is 280 g/mol. The maximum atomic E-state index is 12.8. The van der Waals surface area contributed by atoms with E-state index in [-0.39, 0.29) is 29.5 Å². The zero-order valence-electron chi connectivity index (χ0n) is 12.4. The normalized spacial score (nSPS) is 34.1. The van der Waals surface area contributed by atoms with Gasteiger partial charge in [-0.25, -0.2) is 0 Å². The minimum atomic E-state index is -0.198. The highest BCUT2D eigenvalue weighted by molar-refractivity contribution is 5.90. The van der Waals surface area contributed by atoms with Gasteiger partial charge in [0.1, 0.15) is 6.04 Å². The molecule has 3 rings (SSSR count). The lowest BCUT2D eigenvalue weighted by Crippen LogP contribution is -2.52. The summed E-state index contributed by atoms with van der Waals surface area (Å²) >= 11 is 0. The van der Waals surface area contributed by atoms with Crippen LogP contribution in [0, 0.1) is 0 Å². The van der Waals surface area contributed by atoms with Crippen LogP contribution in [0.5, 0.6) is 0 Å². The fraction of sp³-hybridized carbons (Fsp3) is 0.867. The molecule has 0 radical (unpaired) electrons. The summed E-state index contributed by atoms with van der Waals surface area (Å²) in [4.78, 5) is 28.7. The topological polar surface area (TPSA) is 49.9 Å². The highest BCUT2D eigenvalue weighted by atomic mass is 16.5. The number of amides is 2. The van der Waals surface area contributed by atoms with Gasteiger partial charge >= 0.3 is 0 Å². The van der Waals surface area contributed by atoms with Gasteiger partial charge in [0.25, 0.3) is 0 Å². The number of nitrogens with zero attached hydrogens (tertiary/aromatic N) is 2. The lowest BCUT2D eigenvalue weighted by Gasteiger charge is -2.41. The molecule has 3 saturated heterocycles. The molecule has 0 aromatic heterocycles. The smallest absolute Gasteiger partial charge is 0.245 e. The van der Waals surface area contributed by atoms with Crippen LogP contribution in [0.2, 0.25) is 0 Å². The minimum Gasteiger partial charge on any atom is -0.375 e. The summed E-state index contributed by atoms with van der Waals surface area (Å²) in [6.45, 7) is 6.18. The van der Waals surface area contributed by atoms with E-state index in [0.717, 1.165) is 32.2 Å². The quantitative estimate of drug-likeness (QED) is 0.724. The second-order valence-electron chi connectivity index (χ2n) is 6.78. The van der Waals surface area contributed by atoms with E-state index in [1.165, 1.54) is 0 Å². The van der Waals surface area contributed by atoms with Crippen molar-refractivity contribution in [3.8, 4) is 0 Å². The average molecular weight is 280 g/mol. The van der Waals surface area contributed by atoms with E-state index in [1.807, 2.05) is 4.90 Å². The molecular weight excluding hydrogens is 256 g/mol. The van der Waals surface area contributed by atoms with Crippen molar-refractivity contribution in [1.82, 2.24) is 9.80 Å². The Labute approximate surface area is 120 Å². The Hall–Kier alpha value is -1.10. The van der Waals surface area contributed by atoms with Gasteiger partial charge in [0.15, 0.2) is 0 Å². The van der Waals surface area contributed by atoms with Crippen LogP contribution in [0.25, 0.3) is 0 Å². The van der Waals surface area contributed by atoms with Crippen molar-refractivity contribution in [2.45, 2.75) is 63.6 Å². The van der Waals surface area contributed by atoms with Crippen LogP contribution in [0.1, 0.15) is 46.0 Å². The number of fused-ring (bicyclic) bond motifs is 1. The molecule has 2 amide bonds. The lowest BCUT2D eigenvalue weighted by molar-refractivity contribution is -0.145. The van der Waals surface area contributed by atoms with Gasteiger partial charge in [0.05, 0.1) is 5.60 Å². The van der Waals surface area contributed by atoms with E-state index in [4.69, 9.17) is 4.74 Å². The van der Waals surface area contributed by atoms with Crippen LogP contribution in [0.15, 0.2) is 0 Å². The molecule has 5 heteroatoms. The Morgan fingerprint density at radius 3 is 2.70 bits per heavy atom. The molecule has 3 aliphatic rings. The number of ether oxygens (including phenoxy) is 1. The van der Waals surface area contributed by atoms with Gasteiger partial charge in [-0.15, -0.1) is 0 Å². The van der Waals surface area contributed by atoms with Crippen LogP contribution in [0.3, 0.4) is 0 Å². The highest BCUT2D eigenvalue weighted by Crippen LogP contribution is 2.31. The van der Waals surface area contributed by atoms with Crippen LogP contribution in [0.4, 0.5) is 0 Å². The Bertz CT molecular complexity index is 421. The average Bonchev–Trinajstić information content (AvgIpc) is 2.82. The Kier molecular flexibility index (Phi) is 3.48. The van der Waals surface area contributed by atoms with E-state index >= 15 is 0 Å². The van der Waals surface area contributed by atoms with Crippen molar-refractivity contribution in [3.63, 3.8) is 0 Å². The fourth-order valence-electron chi connectivity index (χ4n) is 3.81. The van der Waals surface area contributed by atoms with E-state index in [2.05, 4.69) is 13.8 Å². The first-order chi connectivity index (χ1) is 9.48. The van der Waals surface area contributed by atoms with Gasteiger partial charge in [-0.1, -0.05) is 0 Å². The molecule has 0 aliphatic carbocycles. The lowest BCUT2D eigenvalue weighted by atomic mass is 9.92. The molecule has 0 aromatic rings. The summed E-state index contributed by atoms with van der Waals surface area (Å²) < 4.78 is 5.75. The highest BCUT2D eigenvalue weighted by Gasteiger charge is 2.43. The third-order valence-corrected chi connectivity index (χ3v) is 4.82. The molecule has 0 N–H and O–H groups in total. The van der Waals surface area contributed by atoms with Crippen molar-refractivity contribution in [2.75, 3.05) is 19.7 Å². The first-order valence-corrected chi connectivity index (χ1v) is 7.72. The molecule has 0 bridgehead atoms. The number of rotatable bonds is 1. The molecule has 0 aromatic carbocycles. The van der Waals surface area contributed by atoms with Gasteiger partial charge in [0.2, 0.25) is 11.8 Å². The van der Waals surface area contributed by atoms with Gasteiger partial charge in [0, 0.05) is 32.2 Å². The molecule has 112 valence electrons. The second kappa shape index (κ2) is 5.02. The molecule has 3 fully saturated rings. The zero-order valence-corrected chi connectivity index (χ0v) is 12.4. The van der Waals surface area contributed by atoms with E-state index in [1.54, 1.807) is 4.90 Å². The molecule has 3 aliphatic heterocycles. The van der Waals surface area contributed by atoms with Gasteiger partial charge in [-0.05, 0) is 39.5 Å². The summed E-state index contributed by atoms with van der Waals surface area (Å²) in [5, 5.41) is 0. The van der Waals surface area contributed by atoms with E-state index in [9.17, 15) is 9.59 Å². The molecule has 5 nitrogen and oxygen atoms in total. The summed E-state index contributed by atoms with van der Waals surface area (Å²) in [5.41, 5.74) is -0.172. The molecule has 2 unspecified atom stereocenters. The first kappa shape index (κ1) is 13.9. The Morgan fingerprint density at radius 1 is 1.15 bits per heavy atom. The van der Waals surface area contributed by atoms with Gasteiger partial charge < -0.3 is 14.5 Å². The SMILES string of the molecule is CC1(C)CC(N2CCC(=O)N3CCCC3C2=O)CCO1. The van der Waals surface area contributed by atoms with Crippen LogP contribution in [-0.2, 0) is 14.3 Å². The van der Waals surface area contributed by atoms with Crippen molar-refractivity contribution < 1.29 is 14.3 Å². The molecule has 3 heterocycles. The maximum Gasteiger partial charge on any atom is 0.245 e. The van der Waals surface area contributed by atoms with E-state index < -0.39 is 0 Å². The van der Waals surface area contributed by atoms with E-state index in [0.29, 0.717) is 19.6 Å².